The Labute approximate surface area is 104 Å². The molecular formula is C13H20O3S. The summed E-state index contributed by atoms with van der Waals surface area (Å²) in [5, 5.41) is 0. The van der Waals surface area contributed by atoms with E-state index in [4.69, 9.17) is 4.55 Å². The molecule has 0 heterocycles. The Morgan fingerprint density at radius 3 is 2.06 bits per heavy atom. The van der Waals surface area contributed by atoms with Crippen LogP contribution in [-0.4, -0.2) is 18.7 Å². The highest BCUT2D eigenvalue weighted by molar-refractivity contribution is 7.85. The summed E-state index contributed by atoms with van der Waals surface area (Å²) in [5.41, 5.74) is 2.19. The average molecular weight is 256 g/mol. The van der Waals surface area contributed by atoms with Gasteiger partial charge in [-0.05, 0) is 29.4 Å². The van der Waals surface area contributed by atoms with Crippen LogP contribution in [0, 0.1) is 5.92 Å². The van der Waals surface area contributed by atoms with Crippen LogP contribution in [0.4, 0.5) is 0 Å². The fourth-order valence-electron chi connectivity index (χ4n) is 1.87. The lowest BCUT2D eigenvalue weighted by molar-refractivity contribution is 0.479. The highest BCUT2D eigenvalue weighted by Gasteiger charge is 2.14. The first-order valence-corrected chi connectivity index (χ1v) is 7.43. The van der Waals surface area contributed by atoms with Gasteiger partial charge in [0.2, 0.25) is 0 Å². The van der Waals surface area contributed by atoms with Gasteiger partial charge in [0.05, 0.1) is 5.75 Å². The van der Waals surface area contributed by atoms with Gasteiger partial charge in [0.15, 0.2) is 0 Å². The van der Waals surface area contributed by atoms with Gasteiger partial charge in [-0.15, -0.1) is 0 Å². The number of benzene rings is 1. The minimum atomic E-state index is -3.90. The Kier molecular flexibility index (Phi) is 4.71. The molecule has 0 fully saturated rings. The van der Waals surface area contributed by atoms with Crippen molar-refractivity contribution in [3.8, 4) is 0 Å². The number of hydrogen-bond acceptors (Lipinski definition) is 2. The third kappa shape index (κ3) is 5.33. The molecule has 0 saturated carbocycles. The third-order valence-electron chi connectivity index (χ3n) is 2.65. The quantitative estimate of drug-likeness (QED) is 0.824. The predicted octanol–water partition coefficient (Wildman–Crippen LogP) is 2.88. The van der Waals surface area contributed by atoms with Crippen LogP contribution in [0.15, 0.2) is 24.3 Å². The molecule has 4 heteroatoms. The molecule has 1 rings (SSSR count). The topological polar surface area (TPSA) is 54.4 Å². The van der Waals surface area contributed by atoms with Crippen molar-refractivity contribution in [3.63, 3.8) is 0 Å². The van der Waals surface area contributed by atoms with Crippen molar-refractivity contribution in [1.29, 1.82) is 0 Å². The molecule has 0 aliphatic carbocycles. The summed E-state index contributed by atoms with van der Waals surface area (Å²) in [6.45, 7) is 6.12. The van der Waals surface area contributed by atoms with Crippen molar-refractivity contribution in [2.24, 2.45) is 5.92 Å². The molecule has 0 aliphatic heterocycles. The van der Waals surface area contributed by atoms with E-state index in [0.717, 1.165) is 12.0 Å². The smallest absolute Gasteiger partial charge is 0.265 e. The molecule has 1 atom stereocenters. The van der Waals surface area contributed by atoms with Gasteiger partial charge in [-0.2, -0.15) is 8.42 Å². The molecule has 96 valence electrons. The molecule has 0 bridgehead atoms. The molecule has 3 nitrogen and oxygen atoms in total. The van der Waals surface area contributed by atoms with E-state index in [1.54, 1.807) is 6.92 Å². The molecule has 0 saturated heterocycles. The largest absolute Gasteiger partial charge is 0.286 e. The first-order valence-electron chi connectivity index (χ1n) is 5.82. The van der Waals surface area contributed by atoms with Gasteiger partial charge in [0.25, 0.3) is 10.1 Å². The van der Waals surface area contributed by atoms with Crippen LogP contribution in [0.2, 0.25) is 0 Å². The van der Waals surface area contributed by atoms with Crippen molar-refractivity contribution >= 4 is 10.1 Å². The summed E-state index contributed by atoms with van der Waals surface area (Å²) in [4.78, 5) is 0. The minimum absolute atomic E-state index is 0.182. The fraction of sp³-hybridized carbons (Fsp3) is 0.538. The van der Waals surface area contributed by atoms with E-state index < -0.39 is 10.1 Å². The van der Waals surface area contributed by atoms with Gasteiger partial charge in [-0.3, -0.25) is 4.55 Å². The molecule has 17 heavy (non-hydrogen) atoms. The summed E-state index contributed by atoms with van der Waals surface area (Å²) in [6, 6.07) is 7.92. The molecule has 0 spiro atoms. The van der Waals surface area contributed by atoms with Crippen LogP contribution in [0.1, 0.15) is 37.8 Å². The molecule has 1 N–H and O–H groups in total. The van der Waals surface area contributed by atoms with Crippen LogP contribution in [0.3, 0.4) is 0 Å². The van der Waals surface area contributed by atoms with E-state index >= 15 is 0 Å². The number of rotatable bonds is 5. The standard InChI is InChI=1S/C13H20O3S/c1-10(2)8-12-4-6-13(7-5-12)11(3)9-17(14,15)16/h4-7,10-11H,8-9H2,1-3H3,(H,14,15,16)/t11-/m1/s1. The monoisotopic (exact) mass is 256 g/mol. The SMILES string of the molecule is CC(C)Cc1ccc([C@H](C)CS(=O)(=O)O)cc1. The number of hydrogen-bond donors (Lipinski definition) is 1. The second-order valence-electron chi connectivity index (χ2n) is 4.99. The van der Waals surface area contributed by atoms with Crippen molar-refractivity contribution in [2.75, 3.05) is 5.75 Å². The maximum Gasteiger partial charge on any atom is 0.265 e. The van der Waals surface area contributed by atoms with E-state index in [-0.39, 0.29) is 11.7 Å². The lowest BCUT2D eigenvalue weighted by Gasteiger charge is -2.11. The molecular weight excluding hydrogens is 236 g/mol. The van der Waals surface area contributed by atoms with Crippen molar-refractivity contribution < 1.29 is 13.0 Å². The zero-order chi connectivity index (χ0) is 13.1. The van der Waals surface area contributed by atoms with Crippen LogP contribution in [-0.2, 0) is 16.5 Å². The summed E-state index contributed by atoms with van der Waals surface area (Å²) < 4.78 is 30.4. The van der Waals surface area contributed by atoms with E-state index in [2.05, 4.69) is 13.8 Å². The highest BCUT2D eigenvalue weighted by atomic mass is 32.2. The Morgan fingerprint density at radius 2 is 1.65 bits per heavy atom. The summed E-state index contributed by atoms with van der Waals surface area (Å²) in [7, 11) is -3.90. The van der Waals surface area contributed by atoms with Crippen molar-refractivity contribution in [3.05, 3.63) is 35.4 Å². The van der Waals surface area contributed by atoms with Crippen LogP contribution in [0.25, 0.3) is 0 Å². The van der Waals surface area contributed by atoms with Gasteiger partial charge < -0.3 is 0 Å². The van der Waals surface area contributed by atoms with E-state index in [0.29, 0.717) is 5.92 Å². The average Bonchev–Trinajstić information content (AvgIpc) is 2.15. The zero-order valence-corrected chi connectivity index (χ0v) is 11.4. The molecule has 0 radical (unpaired) electrons. The second kappa shape index (κ2) is 5.65. The highest BCUT2D eigenvalue weighted by Crippen LogP contribution is 2.18. The Balaban J connectivity index is 2.73. The van der Waals surface area contributed by atoms with Gasteiger partial charge in [0, 0.05) is 0 Å². The minimum Gasteiger partial charge on any atom is -0.286 e. The van der Waals surface area contributed by atoms with Crippen molar-refractivity contribution in [2.45, 2.75) is 33.1 Å². The maximum atomic E-state index is 10.8. The Morgan fingerprint density at radius 1 is 1.12 bits per heavy atom. The zero-order valence-electron chi connectivity index (χ0n) is 10.6. The van der Waals surface area contributed by atoms with Crippen molar-refractivity contribution in [1.82, 2.24) is 0 Å². The first-order chi connectivity index (χ1) is 7.78. The van der Waals surface area contributed by atoms with Gasteiger partial charge in [-0.25, -0.2) is 0 Å². The first kappa shape index (κ1) is 14.2. The molecule has 0 aliphatic rings. The third-order valence-corrected chi connectivity index (χ3v) is 3.57. The van der Waals surface area contributed by atoms with E-state index in [1.165, 1.54) is 5.56 Å². The van der Waals surface area contributed by atoms with Crippen LogP contribution >= 0.6 is 0 Å². The molecule has 0 aromatic heterocycles. The van der Waals surface area contributed by atoms with E-state index in [9.17, 15) is 8.42 Å². The van der Waals surface area contributed by atoms with Crippen LogP contribution in [0.5, 0.6) is 0 Å². The van der Waals surface area contributed by atoms with Gasteiger partial charge in [-0.1, -0.05) is 45.0 Å². The molecule has 0 unspecified atom stereocenters. The summed E-state index contributed by atoms with van der Waals surface area (Å²) in [6.07, 6.45) is 1.02. The lowest BCUT2D eigenvalue weighted by atomic mass is 9.98. The fourth-order valence-corrected chi connectivity index (χ4v) is 2.69. The Bertz CT molecular complexity index is 446. The van der Waals surface area contributed by atoms with Crippen LogP contribution < -0.4 is 0 Å². The molecule has 1 aromatic carbocycles. The Hall–Kier alpha value is -0.870. The van der Waals surface area contributed by atoms with Gasteiger partial charge in [0.1, 0.15) is 0 Å². The lowest BCUT2D eigenvalue weighted by Crippen LogP contribution is -2.11. The summed E-state index contributed by atoms with van der Waals surface area (Å²) >= 11 is 0. The second-order valence-corrected chi connectivity index (χ2v) is 6.49. The normalized spacial score (nSPS) is 13.9. The maximum absolute atomic E-state index is 10.8. The van der Waals surface area contributed by atoms with E-state index in [1.807, 2.05) is 24.3 Å². The predicted molar refractivity (Wildman–Crippen MR) is 69.8 cm³/mol. The molecule has 1 aromatic rings. The van der Waals surface area contributed by atoms with Gasteiger partial charge >= 0.3 is 0 Å². The summed E-state index contributed by atoms with van der Waals surface area (Å²) in [5.74, 6) is 0.200. The molecule has 0 amide bonds.